The van der Waals surface area contributed by atoms with Crippen LogP contribution in [0.5, 0.6) is 17.2 Å². The van der Waals surface area contributed by atoms with E-state index >= 15 is 0 Å². The molecule has 2 heterocycles. The Morgan fingerprint density at radius 2 is 1.72 bits per heavy atom. The number of phenolic OH excluding ortho intramolecular Hbond substituents is 1. The average molecular weight is 598 g/mol. The number of anilines is 2. The molecule has 2 aliphatic rings. The molecular weight excluding hydrogens is 574 g/mol. The second-order valence-corrected chi connectivity index (χ2v) is 9.68. The Bertz CT molecular complexity index is 1460. The van der Waals surface area contributed by atoms with Gasteiger partial charge in [-0.25, -0.2) is 9.96 Å². The third-order valence-corrected chi connectivity index (χ3v) is 7.09. The maximum Gasteiger partial charge on any atom is 0.271 e. The van der Waals surface area contributed by atoms with Gasteiger partial charge < -0.3 is 14.6 Å². The monoisotopic (exact) mass is 597 g/mol. The number of fused-ring (bicyclic) bond motifs is 1. The third-order valence-electron chi connectivity index (χ3n) is 6.49. The molecule has 1 N–H and O–H groups in total. The largest absolute Gasteiger partial charge is 0.503 e. The molecule has 3 aromatic rings. The number of ether oxygens (including phenoxy) is 2. The first kappa shape index (κ1) is 26.4. The SMILES string of the molecule is CCOc1cccc(N2C(=O)[C@H]3[C@H](ON(c4cccc([N+](=O)[O-])c4)[C@@H]3c3cc(Br)c(O)c(OCC)c3)C2=O)c1. The fourth-order valence-electron chi connectivity index (χ4n) is 4.88. The van der Waals surface area contributed by atoms with Crippen molar-refractivity contribution in [1.29, 1.82) is 0 Å². The third kappa shape index (κ3) is 4.66. The van der Waals surface area contributed by atoms with Gasteiger partial charge in [0.05, 0.1) is 40.0 Å². The highest BCUT2D eigenvalue weighted by Crippen LogP contribution is 2.50. The minimum atomic E-state index is -1.19. The van der Waals surface area contributed by atoms with E-state index in [4.69, 9.17) is 14.3 Å². The van der Waals surface area contributed by atoms with E-state index in [0.717, 1.165) is 4.90 Å². The lowest BCUT2D eigenvalue weighted by Gasteiger charge is -2.29. The second-order valence-electron chi connectivity index (χ2n) is 8.82. The number of hydroxylamine groups is 1. The Hall–Kier alpha value is -4.16. The molecule has 11 nitrogen and oxygen atoms in total. The molecule has 0 spiro atoms. The number of hydrogen-bond acceptors (Lipinski definition) is 9. The van der Waals surface area contributed by atoms with Crippen molar-refractivity contribution in [1.82, 2.24) is 0 Å². The molecule has 0 aliphatic carbocycles. The number of imide groups is 1. The number of nitro benzene ring substituents is 1. The van der Waals surface area contributed by atoms with Gasteiger partial charge >= 0.3 is 0 Å². The Labute approximate surface area is 231 Å². The zero-order valence-corrected chi connectivity index (χ0v) is 22.5. The molecule has 12 heteroatoms. The molecule has 3 aromatic carbocycles. The predicted octanol–water partition coefficient (Wildman–Crippen LogP) is 4.91. The summed E-state index contributed by atoms with van der Waals surface area (Å²) in [5.74, 6) is -1.52. The number of halogens is 1. The zero-order valence-electron chi connectivity index (χ0n) is 20.9. The number of nitrogens with zero attached hydrogens (tertiary/aromatic N) is 3. The van der Waals surface area contributed by atoms with Crippen molar-refractivity contribution in [2.45, 2.75) is 26.0 Å². The fraction of sp³-hybridized carbons (Fsp3) is 0.259. The van der Waals surface area contributed by atoms with Crippen molar-refractivity contribution in [3.05, 3.63) is 80.8 Å². The number of carbonyl (C=O) groups is 2. The minimum Gasteiger partial charge on any atom is -0.503 e. The molecule has 0 bridgehead atoms. The number of benzene rings is 3. The smallest absolute Gasteiger partial charge is 0.271 e. The summed E-state index contributed by atoms with van der Waals surface area (Å²) < 4.78 is 11.4. The lowest BCUT2D eigenvalue weighted by Crippen LogP contribution is -2.37. The number of hydrogen-bond donors (Lipinski definition) is 1. The lowest BCUT2D eigenvalue weighted by atomic mass is 9.90. The Balaban J connectivity index is 1.62. The van der Waals surface area contributed by atoms with Crippen molar-refractivity contribution in [2.75, 3.05) is 23.2 Å². The summed E-state index contributed by atoms with van der Waals surface area (Å²) in [6.07, 6.45) is -1.19. The lowest BCUT2D eigenvalue weighted by molar-refractivity contribution is -0.384. The molecule has 0 radical (unpaired) electrons. The summed E-state index contributed by atoms with van der Waals surface area (Å²) in [5, 5.41) is 23.3. The molecule has 0 aromatic heterocycles. The van der Waals surface area contributed by atoms with E-state index in [9.17, 15) is 24.8 Å². The summed E-state index contributed by atoms with van der Waals surface area (Å²) in [7, 11) is 0. The summed E-state index contributed by atoms with van der Waals surface area (Å²) in [4.78, 5) is 45.6. The van der Waals surface area contributed by atoms with Crippen LogP contribution in [0.15, 0.2) is 65.1 Å². The van der Waals surface area contributed by atoms with E-state index < -0.39 is 34.8 Å². The van der Waals surface area contributed by atoms with Gasteiger partial charge in [0.1, 0.15) is 11.7 Å². The van der Waals surface area contributed by atoms with Gasteiger partial charge in [0, 0.05) is 18.2 Å². The van der Waals surface area contributed by atoms with Gasteiger partial charge in [0.15, 0.2) is 17.6 Å². The number of rotatable bonds is 8. The summed E-state index contributed by atoms with van der Waals surface area (Å²) in [6.45, 7) is 4.28. The van der Waals surface area contributed by atoms with Crippen molar-refractivity contribution in [2.24, 2.45) is 5.92 Å². The van der Waals surface area contributed by atoms with Gasteiger partial charge in [-0.3, -0.25) is 24.5 Å². The first-order valence-electron chi connectivity index (χ1n) is 12.2. The molecule has 0 saturated carbocycles. The molecule has 39 heavy (non-hydrogen) atoms. The number of amides is 2. The Morgan fingerprint density at radius 1 is 1.00 bits per heavy atom. The van der Waals surface area contributed by atoms with Crippen molar-refractivity contribution in [3.8, 4) is 17.2 Å². The number of nitro groups is 1. The first-order valence-corrected chi connectivity index (χ1v) is 13.0. The highest BCUT2D eigenvalue weighted by atomic mass is 79.9. The first-order chi connectivity index (χ1) is 18.7. The fourth-order valence-corrected chi connectivity index (χ4v) is 5.34. The molecular formula is C27H24BrN3O8. The van der Waals surface area contributed by atoms with E-state index in [-0.39, 0.29) is 29.5 Å². The van der Waals surface area contributed by atoms with E-state index in [2.05, 4.69) is 15.9 Å². The van der Waals surface area contributed by atoms with Gasteiger partial charge in [0.25, 0.3) is 11.6 Å². The number of phenols is 1. The van der Waals surface area contributed by atoms with E-state index in [0.29, 0.717) is 28.1 Å². The highest BCUT2D eigenvalue weighted by molar-refractivity contribution is 9.10. The number of non-ortho nitro benzene ring substituents is 1. The molecule has 0 unspecified atom stereocenters. The van der Waals surface area contributed by atoms with Crippen LogP contribution in [-0.4, -0.2) is 41.2 Å². The van der Waals surface area contributed by atoms with Crippen LogP contribution in [-0.2, 0) is 14.4 Å². The van der Waals surface area contributed by atoms with Crippen LogP contribution in [0.1, 0.15) is 25.5 Å². The molecule has 2 amide bonds. The topological polar surface area (TPSA) is 132 Å². The van der Waals surface area contributed by atoms with E-state index in [1.807, 2.05) is 6.92 Å². The maximum atomic E-state index is 13.9. The van der Waals surface area contributed by atoms with Gasteiger partial charge in [-0.05, 0) is 65.7 Å². The van der Waals surface area contributed by atoms with Crippen LogP contribution in [0.25, 0.3) is 0 Å². The van der Waals surface area contributed by atoms with Crippen molar-refractivity contribution in [3.63, 3.8) is 0 Å². The maximum absolute atomic E-state index is 13.9. The minimum absolute atomic E-state index is 0.124. The van der Waals surface area contributed by atoms with Crippen molar-refractivity contribution < 1.29 is 33.9 Å². The summed E-state index contributed by atoms with van der Waals surface area (Å²) >= 11 is 3.34. The zero-order chi connectivity index (χ0) is 27.8. The standard InChI is InChI=1S/C27H24BrN3O8/c1-3-37-19-10-6-7-16(14-19)29-26(33)22-23(15-11-20(28)24(32)21(12-15)38-4-2)30(39-25(22)27(29)34)17-8-5-9-18(13-17)31(35)36/h5-14,22-23,25,32H,3-4H2,1-2H3/t22-,23-,25+/m1/s1. The summed E-state index contributed by atoms with van der Waals surface area (Å²) in [6, 6.07) is 14.7. The Morgan fingerprint density at radius 3 is 2.44 bits per heavy atom. The van der Waals surface area contributed by atoms with Crippen LogP contribution in [0, 0.1) is 16.0 Å². The molecule has 202 valence electrons. The van der Waals surface area contributed by atoms with E-state index in [1.54, 1.807) is 49.4 Å². The number of aromatic hydroxyl groups is 1. The van der Waals surface area contributed by atoms with Crippen LogP contribution < -0.4 is 19.4 Å². The average Bonchev–Trinajstić information content (AvgIpc) is 3.43. The van der Waals surface area contributed by atoms with Gasteiger partial charge in [-0.2, -0.15) is 0 Å². The quantitative estimate of drug-likeness (QED) is 0.218. The van der Waals surface area contributed by atoms with Crippen molar-refractivity contribution >= 4 is 44.8 Å². The predicted molar refractivity (Wildman–Crippen MR) is 144 cm³/mol. The second kappa shape index (κ2) is 10.5. The van der Waals surface area contributed by atoms with Crippen LogP contribution in [0.3, 0.4) is 0 Å². The van der Waals surface area contributed by atoms with Gasteiger partial charge in [0.2, 0.25) is 5.91 Å². The molecule has 5 rings (SSSR count). The van der Waals surface area contributed by atoms with Crippen LogP contribution >= 0.6 is 15.9 Å². The molecule has 2 aliphatic heterocycles. The Kier molecular flexibility index (Phi) is 7.15. The van der Waals surface area contributed by atoms with Gasteiger partial charge in [-0.15, -0.1) is 0 Å². The van der Waals surface area contributed by atoms with Crippen LogP contribution in [0.4, 0.5) is 17.1 Å². The number of carbonyl (C=O) groups excluding carboxylic acids is 2. The van der Waals surface area contributed by atoms with Crippen LogP contribution in [0.2, 0.25) is 0 Å². The summed E-state index contributed by atoms with van der Waals surface area (Å²) in [5.41, 5.74) is 0.946. The molecule has 3 atom stereocenters. The van der Waals surface area contributed by atoms with Gasteiger partial charge in [-0.1, -0.05) is 12.1 Å². The molecule has 2 saturated heterocycles. The normalized spacial score (nSPS) is 20.3. The molecule has 2 fully saturated rings. The van der Waals surface area contributed by atoms with E-state index in [1.165, 1.54) is 23.3 Å². The highest BCUT2D eigenvalue weighted by Gasteiger charge is 2.60.